The van der Waals surface area contributed by atoms with Crippen molar-refractivity contribution in [2.24, 2.45) is 0 Å². The van der Waals surface area contributed by atoms with Crippen LogP contribution in [0.5, 0.6) is 0 Å². The second-order valence-corrected chi connectivity index (χ2v) is 4.01. The Morgan fingerprint density at radius 1 is 1.46 bits per heavy atom. The van der Waals surface area contributed by atoms with Gasteiger partial charge in [0, 0.05) is 19.2 Å². The average molecular weight is 187 g/mol. The van der Waals surface area contributed by atoms with E-state index >= 15 is 0 Å². The number of piperidine rings is 1. The molecule has 0 spiro atoms. The fourth-order valence-electron chi connectivity index (χ4n) is 2.12. The van der Waals surface area contributed by atoms with Gasteiger partial charge in [-0.2, -0.15) is 0 Å². The number of hydrogen-bond acceptors (Lipinski definition) is 3. The SMILES string of the molecule is C[C@@H](O)CN1CCCCC1CCO. The minimum absolute atomic E-state index is 0.251. The van der Waals surface area contributed by atoms with Crippen molar-refractivity contribution in [1.82, 2.24) is 4.90 Å². The molecule has 0 aromatic rings. The molecule has 78 valence electrons. The van der Waals surface area contributed by atoms with Gasteiger partial charge in [-0.15, -0.1) is 0 Å². The number of nitrogens with zero attached hydrogens (tertiary/aromatic N) is 1. The Hall–Kier alpha value is -0.120. The zero-order valence-electron chi connectivity index (χ0n) is 8.45. The van der Waals surface area contributed by atoms with Crippen LogP contribution >= 0.6 is 0 Å². The molecule has 1 fully saturated rings. The van der Waals surface area contributed by atoms with Gasteiger partial charge in [0.2, 0.25) is 0 Å². The summed E-state index contributed by atoms with van der Waals surface area (Å²) in [5.41, 5.74) is 0. The van der Waals surface area contributed by atoms with Gasteiger partial charge >= 0.3 is 0 Å². The predicted octanol–water partition coefficient (Wildman–Crippen LogP) is 0.604. The Balaban J connectivity index is 2.36. The van der Waals surface area contributed by atoms with E-state index in [4.69, 9.17) is 5.11 Å². The summed E-state index contributed by atoms with van der Waals surface area (Å²) in [7, 11) is 0. The van der Waals surface area contributed by atoms with E-state index in [2.05, 4.69) is 4.90 Å². The van der Waals surface area contributed by atoms with Gasteiger partial charge in [-0.25, -0.2) is 0 Å². The van der Waals surface area contributed by atoms with Gasteiger partial charge in [-0.1, -0.05) is 6.42 Å². The van der Waals surface area contributed by atoms with Crippen molar-refractivity contribution in [3.63, 3.8) is 0 Å². The molecule has 1 heterocycles. The molecule has 3 heteroatoms. The van der Waals surface area contributed by atoms with E-state index in [9.17, 15) is 5.11 Å². The fraction of sp³-hybridized carbons (Fsp3) is 1.00. The predicted molar refractivity (Wildman–Crippen MR) is 52.6 cm³/mol. The third kappa shape index (κ3) is 3.63. The summed E-state index contributed by atoms with van der Waals surface area (Å²) in [6.45, 7) is 3.92. The number of rotatable bonds is 4. The lowest BCUT2D eigenvalue weighted by Crippen LogP contribution is -2.43. The van der Waals surface area contributed by atoms with Crippen molar-refractivity contribution in [2.75, 3.05) is 19.7 Å². The highest BCUT2D eigenvalue weighted by molar-refractivity contribution is 4.77. The maximum absolute atomic E-state index is 9.29. The van der Waals surface area contributed by atoms with Crippen molar-refractivity contribution < 1.29 is 10.2 Å². The molecule has 0 aromatic heterocycles. The number of β-amino-alcohol motifs (C(OH)–C–C–N with tert-alkyl or cyclic N) is 1. The summed E-state index contributed by atoms with van der Waals surface area (Å²) in [5.74, 6) is 0. The topological polar surface area (TPSA) is 43.7 Å². The van der Waals surface area contributed by atoms with E-state index in [1.54, 1.807) is 0 Å². The van der Waals surface area contributed by atoms with E-state index < -0.39 is 0 Å². The molecule has 0 aliphatic carbocycles. The Morgan fingerprint density at radius 2 is 2.23 bits per heavy atom. The Bertz CT molecular complexity index is 137. The molecule has 0 amide bonds. The highest BCUT2D eigenvalue weighted by atomic mass is 16.3. The highest BCUT2D eigenvalue weighted by Crippen LogP contribution is 2.19. The number of hydrogen-bond donors (Lipinski definition) is 2. The number of aliphatic hydroxyl groups excluding tert-OH is 2. The quantitative estimate of drug-likeness (QED) is 0.677. The molecule has 1 rings (SSSR count). The maximum Gasteiger partial charge on any atom is 0.0639 e. The summed E-state index contributed by atoms with van der Waals surface area (Å²) < 4.78 is 0. The first-order valence-corrected chi connectivity index (χ1v) is 5.27. The van der Waals surface area contributed by atoms with Crippen LogP contribution in [0.2, 0.25) is 0 Å². The van der Waals surface area contributed by atoms with Crippen LogP contribution < -0.4 is 0 Å². The zero-order chi connectivity index (χ0) is 9.68. The normalized spacial score (nSPS) is 27.5. The first-order valence-electron chi connectivity index (χ1n) is 5.27. The maximum atomic E-state index is 9.29. The summed E-state index contributed by atoms with van der Waals surface area (Å²) in [4.78, 5) is 2.31. The van der Waals surface area contributed by atoms with Gasteiger partial charge in [-0.05, 0) is 32.7 Å². The van der Waals surface area contributed by atoms with Crippen molar-refractivity contribution in [3.8, 4) is 0 Å². The Labute approximate surface area is 80.4 Å². The van der Waals surface area contributed by atoms with E-state index in [1.807, 2.05) is 6.92 Å². The van der Waals surface area contributed by atoms with Gasteiger partial charge in [0.15, 0.2) is 0 Å². The lowest BCUT2D eigenvalue weighted by atomic mass is 9.99. The summed E-state index contributed by atoms with van der Waals surface area (Å²) in [5, 5.41) is 18.2. The lowest BCUT2D eigenvalue weighted by molar-refractivity contribution is 0.0646. The van der Waals surface area contributed by atoms with E-state index in [-0.39, 0.29) is 12.7 Å². The van der Waals surface area contributed by atoms with Crippen LogP contribution in [0.4, 0.5) is 0 Å². The largest absolute Gasteiger partial charge is 0.396 e. The molecular formula is C10H21NO2. The van der Waals surface area contributed by atoms with Crippen LogP contribution in [0.25, 0.3) is 0 Å². The van der Waals surface area contributed by atoms with Crippen LogP contribution in [-0.2, 0) is 0 Å². The molecule has 2 N–H and O–H groups in total. The molecule has 0 saturated carbocycles. The van der Waals surface area contributed by atoms with Crippen LogP contribution in [-0.4, -0.2) is 47.0 Å². The van der Waals surface area contributed by atoms with E-state index in [0.717, 1.165) is 19.5 Å². The van der Waals surface area contributed by atoms with Gasteiger partial charge in [-0.3, -0.25) is 4.90 Å². The average Bonchev–Trinajstić information content (AvgIpc) is 2.08. The fourth-order valence-corrected chi connectivity index (χ4v) is 2.12. The first kappa shape index (κ1) is 11.0. The Morgan fingerprint density at radius 3 is 2.85 bits per heavy atom. The summed E-state index contributed by atoms with van der Waals surface area (Å²) in [6.07, 6.45) is 4.27. The van der Waals surface area contributed by atoms with Crippen LogP contribution in [0.3, 0.4) is 0 Å². The minimum atomic E-state index is -0.251. The molecule has 1 unspecified atom stereocenters. The minimum Gasteiger partial charge on any atom is -0.396 e. The summed E-state index contributed by atoms with van der Waals surface area (Å²) in [6, 6.07) is 0.494. The van der Waals surface area contributed by atoms with Gasteiger partial charge in [0.1, 0.15) is 0 Å². The number of aliphatic hydroxyl groups is 2. The van der Waals surface area contributed by atoms with Crippen LogP contribution in [0.1, 0.15) is 32.6 Å². The molecule has 3 nitrogen and oxygen atoms in total. The van der Waals surface area contributed by atoms with Gasteiger partial charge in [0.25, 0.3) is 0 Å². The monoisotopic (exact) mass is 187 g/mol. The second-order valence-electron chi connectivity index (χ2n) is 4.01. The van der Waals surface area contributed by atoms with Crippen molar-refractivity contribution in [1.29, 1.82) is 0 Å². The van der Waals surface area contributed by atoms with Crippen molar-refractivity contribution in [2.45, 2.75) is 44.8 Å². The Kier molecular flexibility index (Phi) is 4.70. The standard InChI is InChI=1S/C10H21NO2/c1-9(13)8-11-6-3-2-4-10(11)5-7-12/h9-10,12-13H,2-8H2,1H3/t9-,10?/m1/s1. The van der Waals surface area contributed by atoms with E-state index in [1.165, 1.54) is 19.3 Å². The zero-order valence-corrected chi connectivity index (χ0v) is 8.45. The molecular weight excluding hydrogens is 166 g/mol. The molecule has 0 aromatic carbocycles. The first-order chi connectivity index (χ1) is 6.24. The third-order valence-electron chi connectivity index (χ3n) is 2.71. The van der Waals surface area contributed by atoms with Gasteiger partial charge < -0.3 is 10.2 Å². The van der Waals surface area contributed by atoms with Crippen molar-refractivity contribution >= 4 is 0 Å². The molecule has 1 aliphatic rings. The molecule has 13 heavy (non-hydrogen) atoms. The van der Waals surface area contributed by atoms with Gasteiger partial charge in [0.05, 0.1) is 6.10 Å². The third-order valence-corrected chi connectivity index (χ3v) is 2.71. The highest BCUT2D eigenvalue weighted by Gasteiger charge is 2.22. The smallest absolute Gasteiger partial charge is 0.0639 e. The molecule has 1 saturated heterocycles. The molecule has 2 atom stereocenters. The van der Waals surface area contributed by atoms with Crippen LogP contribution in [0.15, 0.2) is 0 Å². The number of likely N-dealkylation sites (tertiary alicyclic amines) is 1. The summed E-state index contributed by atoms with van der Waals surface area (Å²) >= 11 is 0. The molecule has 1 aliphatic heterocycles. The van der Waals surface area contributed by atoms with Crippen molar-refractivity contribution in [3.05, 3.63) is 0 Å². The van der Waals surface area contributed by atoms with E-state index in [0.29, 0.717) is 6.04 Å². The second kappa shape index (κ2) is 5.58. The lowest BCUT2D eigenvalue weighted by Gasteiger charge is -2.36. The molecule has 0 radical (unpaired) electrons. The van der Waals surface area contributed by atoms with Crippen LogP contribution in [0, 0.1) is 0 Å². The molecule has 0 bridgehead atoms.